The van der Waals surface area contributed by atoms with Crippen molar-refractivity contribution in [3.8, 4) is 16.9 Å². The number of hydrogen-bond donors (Lipinski definition) is 2. The first-order chi connectivity index (χ1) is 15.2. The van der Waals surface area contributed by atoms with Gasteiger partial charge in [-0.2, -0.15) is 18.3 Å². The van der Waals surface area contributed by atoms with E-state index in [0.29, 0.717) is 5.56 Å². The van der Waals surface area contributed by atoms with E-state index in [4.69, 9.17) is 9.94 Å². The summed E-state index contributed by atoms with van der Waals surface area (Å²) in [6.07, 6.45) is -4.67. The quantitative estimate of drug-likeness (QED) is 0.477. The maximum atomic E-state index is 13.3. The third-order valence-electron chi connectivity index (χ3n) is 4.66. The molecule has 3 rings (SSSR count). The van der Waals surface area contributed by atoms with Crippen molar-refractivity contribution in [3.05, 3.63) is 65.9 Å². The summed E-state index contributed by atoms with van der Waals surface area (Å²) in [6.45, 7) is 4.16. The zero-order valence-corrected chi connectivity index (χ0v) is 19.0. The molecule has 0 radical (unpaired) electrons. The Morgan fingerprint density at radius 3 is 2.12 bits per heavy atom. The van der Waals surface area contributed by atoms with Crippen LogP contribution in [0, 0.1) is 6.92 Å². The molecule has 0 saturated heterocycles. The molecule has 2 aromatic carbocycles. The van der Waals surface area contributed by atoms with Gasteiger partial charge in [0, 0.05) is 5.56 Å². The number of benzene rings is 2. The van der Waals surface area contributed by atoms with Crippen LogP contribution >= 0.6 is 0 Å². The zero-order valence-electron chi connectivity index (χ0n) is 18.2. The average molecular weight is 501 g/mol. The Bertz CT molecular complexity index is 1270. The molecule has 0 bridgehead atoms. The molecule has 0 aliphatic heterocycles. The number of hydrogen-bond acceptors (Lipinski definition) is 5. The molecule has 0 saturated carbocycles. The van der Waals surface area contributed by atoms with Crippen LogP contribution in [0.15, 0.2) is 59.5 Å². The van der Waals surface area contributed by atoms with E-state index in [-0.39, 0.29) is 21.8 Å². The van der Waals surface area contributed by atoms with Crippen LogP contribution < -0.4 is 4.89 Å². The number of carboxylic acids is 1. The summed E-state index contributed by atoms with van der Waals surface area (Å²) in [5, 5.41) is 12.7. The molecule has 3 aromatic rings. The molecule has 1 heterocycles. The molecule has 0 aliphatic rings. The first-order valence-corrected chi connectivity index (χ1v) is 11.0. The Morgan fingerprint density at radius 2 is 1.62 bits per heavy atom. The number of aromatic nitrogens is 2. The van der Waals surface area contributed by atoms with Crippen molar-refractivity contribution in [2.24, 2.45) is 0 Å². The molecule has 13 heteroatoms. The van der Waals surface area contributed by atoms with Crippen molar-refractivity contribution < 1.29 is 41.8 Å². The van der Waals surface area contributed by atoms with Gasteiger partial charge in [-0.15, -0.1) is 0 Å². The maximum Gasteiger partial charge on any atom is 0.435 e. The lowest BCUT2D eigenvalue weighted by atomic mass is 10.1. The fraction of sp³-hybridized carbons (Fsp3) is 0.238. The number of carbonyl (C=O) groups is 1. The van der Waals surface area contributed by atoms with Gasteiger partial charge in [-0.1, -0.05) is 34.7 Å². The number of carboxylic acid groups (broad SMARTS) is 1. The minimum Gasteiger partial charge on any atom is -0.479 e. The maximum absolute atomic E-state index is 13.3. The van der Waals surface area contributed by atoms with Crippen LogP contribution in [0.5, 0.6) is 0 Å². The van der Waals surface area contributed by atoms with Gasteiger partial charge in [0.15, 0.2) is 11.3 Å². The van der Waals surface area contributed by atoms with E-state index in [1.165, 1.54) is 12.1 Å². The zero-order chi connectivity index (χ0) is 24.6. The molecule has 0 spiro atoms. The summed E-state index contributed by atoms with van der Waals surface area (Å²) in [6, 6.07) is 12.6. The fourth-order valence-electron chi connectivity index (χ4n) is 2.66. The number of rotatable bonds is 7. The van der Waals surface area contributed by atoms with Crippen LogP contribution in [0.3, 0.4) is 0 Å². The molecule has 1 aromatic heterocycles. The minimum absolute atomic E-state index is 0. The lowest BCUT2D eigenvalue weighted by Crippen LogP contribution is -2.41. The number of aliphatic carboxylic acids is 1. The molecule has 34 heavy (non-hydrogen) atoms. The Hall–Kier alpha value is -3.26. The van der Waals surface area contributed by atoms with Crippen LogP contribution in [0.1, 0.15) is 25.1 Å². The van der Waals surface area contributed by atoms with Crippen LogP contribution in [-0.4, -0.2) is 40.4 Å². The van der Waals surface area contributed by atoms with E-state index >= 15 is 0 Å². The van der Waals surface area contributed by atoms with Gasteiger partial charge in [-0.25, -0.2) is 17.9 Å². The van der Waals surface area contributed by atoms with E-state index in [1.54, 1.807) is 29.2 Å². The van der Waals surface area contributed by atoms with Crippen molar-refractivity contribution in [1.29, 1.82) is 0 Å². The number of alkyl halides is 3. The van der Waals surface area contributed by atoms with Crippen LogP contribution in [0.2, 0.25) is 0 Å². The van der Waals surface area contributed by atoms with Gasteiger partial charge in [0.2, 0.25) is 0 Å². The number of halogens is 3. The normalized spacial score (nSPS) is 12.3. The number of aryl methyl sites for hydroxylation is 1. The highest BCUT2D eigenvalue weighted by Crippen LogP contribution is 2.33. The highest BCUT2D eigenvalue weighted by atomic mass is 32.2. The smallest absolute Gasteiger partial charge is 0.435 e. The summed E-state index contributed by atoms with van der Waals surface area (Å²) >= 11 is 0. The Kier molecular flexibility index (Phi) is 7.57. The van der Waals surface area contributed by atoms with Gasteiger partial charge in [-0.3, -0.25) is 4.84 Å². The summed E-state index contributed by atoms with van der Waals surface area (Å²) in [7, 11) is -4.26. The van der Waals surface area contributed by atoms with Crippen molar-refractivity contribution >= 4 is 16.0 Å². The second kappa shape index (κ2) is 9.54. The van der Waals surface area contributed by atoms with Crippen molar-refractivity contribution in [2.75, 3.05) is 0 Å². The predicted octanol–water partition coefficient (Wildman–Crippen LogP) is 3.11. The van der Waals surface area contributed by atoms with E-state index in [9.17, 15) is 26.4 Å². The molecule has 184 valence electrons. The van der Waals surface area contributed by atoms with Gasteiger partial charge >= 0.3 is 12.1 Å². The summed E-state index contributed by atoms with van der Waals surface area (Å²) < 4.78 is 65.8. The predicted molar refractivity (Wildman–Crippen MR) is 115 cm³/mol. The molecule has 0 unspecified atom stereocenters. The van der Waals surface area contributed by atoms with Gasteiger partial charge in [0.05, 0.1) is 16.3 Å². The fourth-order valence-corrected chi connectivity index (χ4v) is 3.57. The number of nitrogens with zero attached hydrogens (tertiary/aromatic N) is 2. The van der Waals surface area contributed by atoms with Gasteiger partial charge < -0.3 is 10.6 Å². The highest BCUT2D eigenvalue weighted by Gasteiger charge is 2.35. The lowest BCUT2D eigenvalue weighted by Gasteiger charge is -2.19. The van der Waals surface area contributed by atoms with Gasteiger partial charge in [0.25, 0.3) is 10.0 Å². The SMILES string of the molecule is Cc1ccc(-c2cc(C(F)(F)F)nn2-c2ccc(S(=O)(=O)NOC(C)(C)C(=O)O)cc2)cc1.O. The van der Waals surface area contributed by atoms with Crippen LogP contribution in [0.25, 0.3) is 16.9 Å². The minimum atomic E-state index is -4.67. The molecule has 0 atom stereocenters. The van der Waals surface area contributed by atoms with E-state index in [1.807, 2.05) is 6.92 Å². The first-order valence-electron chi connectivity index (χ1n) is 9.49. The molecule has 4 N–H and O–H groups in total. The van der Waals surface area contributed by atoms with Crippen LogP contribution in [0.4, 0.5) is 13.2 Å². The largest absolute Gasteiger partial charge is 0.479 e. The number of sulfonamides is 1. The van der Waals surface area contributed by atoms with Gasteiger partial charge in [-0.05, 0) is 51.1 Å². The second-order valence-corrected chi connectivity index (χ2v) is 9.33. The molecule has 9 nitrogen and oxygen atoms in total. The lowest BCUT2D eigenvalue weighted by molar-refractivity contribution is -0.165. The topological polar surface area (TPSA) is 142 Å². The second-order valence-electron chi connectivity index (χ2n) is 7.69. The van der Waals surface area contributed by atoms with E-state index < -0.39 is 33.5 Å². The van der Waals surface area contributed by atoms with Crippen LogP contribution in [-0.2, 0) is 25.8 Å². The Balaban J connectivity index is 0.00000408. The Morgan fingerprint density at radius 1 is 1.06 bits per heavy atom. The standard InChI is InChI=1S/C21H20F3N3O5S.H2O/c1-13-4-6-14(7-5-13)17-12-18(21(22,23)24)25-27(17)15-8-10-16(11-9-15)33(30,31)26-32-20(2,3)19(28)29;/h4-12,26H,1-3H3,(H,28,29);1H2. The third kappa shape index (κ3) is 5.80. The summed E-state index contributed by atoms with van der Waals surface area (Å²) in [4.78, 5) is 17.3. The van der Waals surface area contributed by atoms with Crippen molar-refractivity contribution in [1.82, 2.24) is 14.7 Å². The summed E-state index contributed by atoms with van der Waals surface area (Å²) in [5.41, 5.74) is -1.14. The monoisotopic (exact) mass is 501 g/mol. The highest BCUT2D eigenvalue weighted by molar-refractivity contribution is 7.89. The third-order valence-corrected chi connectivity index (χ3v) is 5.86. The average Bonchev–Trinajstić information content (AvgIpc) is 3.19. The van der Waals surface area contributed by atoms with Gasteiger partial charge in [0.1, 0.15) is 0 Å². The molecule has 0 amide bonds. The molecule has 0 fully saturated rings. The molecular weight excluding hydrogens is 479 g/mol. The molecular formula is C21H22F3N3O6S. The van der Waals surface area contributed by atoms with E-state index in [2.05, 4.69) is 5.10 Å². The number of nitrogens with one attached hydrogen (secondary N) is 1. The molecule has 0 aliphatic carbocycles. The summed E-state index contributed by atoms with van der Waals surface area (Å²) in [5.74, 6) is -1.39. The Labute approximate surface area is 193 Å². The van der Waals surface area contributed by atoms with Crippen molar-refractivity contribution in [2.45, 2.75) is 37.4 Å². The first kappa shape index (κ1) is 27.0. The van der Waals surface area contributed by atoms with E-state index in [0.717, 1.165) is 42.3 Å². The van der Waals surface area contributed by atoms with Crippen molar-refractivity contribution in [3.63, 3.8) is 0 Å².